The predicted octanol–water partition coefficient (Wildman–Crippen LogP) is -5.76. The van der Waals surface area contributed by atoms with Crippen LogP contribution in [0.25, 0.3) is 0 Å². The van der Waals surface area contributed by atoms with Crippen molar-refractivity contribution in [1.29, 1.82) is 0 Å². The zero-order valence-electron chi connectivity index (χ0n) is 4.27. The van der Waals surface area contributed by atoms with Gasteiger partial charge >= 0.3 is 42.1 Å². The summed E-state index contributed by atoms with van der Waals surface area (Å²) >= 11 is 0. The summed E-state index contributed by atoms with van der Waals surface area (Å²) in [5.74, 6) is 0. The second-order valence-electron chi connectivity index (χ2n) is 0.500. The molecule has 0 aliphatic rings. The number of hydrogen-bond donors (Lipinski definition) is 0. The van der Waals surface area contributed by atoms with E-state index < -0.39 is 18.3 Å². The van der Waals surface area contributed by atoms with E-state index >= 15 is 0 Å². The van der Waals surface area contributed by atoms with Gasteiger partial charge in [0.15, 0.2) is 0 Å². The maximum Gasteiger partial charge on any atom is 2.00 e. The van der Waals surface area contributed by atoms with Crippen LogP contribution in [0, 0.1) is 0 Å². The summed E-state index contributed by atoms with van der Waals surface area (Å²) in [7, 11) is -7.26. The minimum absolute atomic E-state index is 0. The Hall–Kier alpha value is 0.610. The second kappa shape index (κ2) is 16.3. The van der Waals surface area contributed by atoms with Crippen molar-refractivity contribution in [2.24, 2.45) is 0 Å². The first-order valence-electron chi connectivity index (χ1n) is 1.22. The van der Waals surface area contributed by atoms with Crippen molar-refractivity contribution < 1.29 is 70.2 Å². The molecular weight excluding hydrogens is 520 g/mol. The van der Waals surface area contributed by atoms with Crippen LogP contribution < -0.4 is 19.2 Å². The third kappa shape index (κ3) is 1340. The summed E-state index contributed by atoms with van der Waals surface area (Å²) in [5.41, 5.74) is 0. The van der Waals surface area contributed by atoms with Gasteiger partial charge in [-0.2, -0.15) is 0 Å². The average molecular weight is 520 g/mol. The molecule has 0 saturated carbocycles. The molecule has 0 aromatic carbocycles. The molecule has 0 aromatic heterocycles. The van der Waals surface area contributed by atoms with E-state index in [9.17, 15) is 0 Å². The van der Waals surface area contributed by atoms with Crippen molar-refractivity contribution in [1.82, 2.24) is 0 Å². The monoisotopic (exact) mass is 520 g/mol. The van der Waals surface area contributed by atoms with Crippen LogP contribution in [0.1, 0.15) is 0 Å². The molecule has 6 nitrogen and oxygen atoms in total. The molecule has 0 N–H and O–H groups in total. The Morgan fingerprint density at radius 3 is 0.700 bits per heavy atom. The van der Waals surface area contributed by atoms with E-state index in [0.717, 1.165) is 0 Å². The molecule has 0 bridgehead atoms. The fourth-order valence-electron chi connectivity index (χ4n) is 0. The van der Waals surface area contributed by atoms with Gasteiger partial charge in [0.2, 0.25) is 0 Å². The van der Waals surface area contributed by atoms with E-state index in [1.54, 1.807) is 0 Å². The normalized spacial score (nSPS) is 4.80. The quantitative estimate of drug-likeness (QED) is 0.294. The molecule has 0 aliphatic carbocycles. The van der Waals surface area contributed by atoms with Crippen molar-refractivity contribution in [3.63, 3.8) is 0 Å². The zero-order valence-corrected chi connectivity index (χ0v) is 12.1. The van der Waals surface area contributed by atoms with Gasteiger partial charge in [0, 0.05) is 18.3 Å². The van der Waals surface area contributed by atoms with E-state index in [1.807, 2.05) is 0 Å². The molecule has 0 radical (unpaired) electrons. The SMILES string of the molecule is O=[Si]([O-])[O-].O=[Si]([O-])[O-].[W+2].[W+2]. The third-order valence-electron chi connectivity index (χ3n) is 0. The molecule has 0 spiro atoms. The summed E-state index contributed by atoms with van der Waals surface area (Å²) in [5, 5.41) is 0. The Kier molecular flexibility index (Phi) is 36.6. The number of hydrogen-bond acceptors (Lipinski definition) is 6. The van der Waals surface area contributed by atoms with E-state index in [1.165, 1.54) is 0 Å². The van der Waals surface area contributed by atoms with E-state index in [0.29, 0.717) is 0 Å². The van der Waals surface area contributed by atoms with Crippen LogP contribution in [0.3, 0.4) is 0 Å². The molecule has 56 valence electrons. The molecule has 10 heteroatoms. The minimum Gasteiger partial charge on any atom is -0.672 e. The van der Waals surface area contributed by atoms with Crippen LogP contribution >= 0.6 is 0 Å². The van der Waals surface area contributed by atoms with Gasteiger partial charge in [0.25, 0.3) is 0 Å². The van der Waals surface area contributed by atoms with E-state index in [4.69, 9.17) is 28.1 Å². The second-order valence-corrected chi connectivity index (χ2v) is 1.50. The fourth-order valence-corrected chi connectivity index (χ4v) is 0. The smallest absolute Gasteiger partial charge is 0.672 e. The maximum absolute atomic E-state index is 8.52. The van der Waals surface area contributed by atoms with Crippen molar-refractivity contribution in [3.8, 4) is 0 Å². The van der Waals surface area contributed by atoms with Crippen LogP contribution in [-0.2, 0) is 51.1 Å². The Balaban J connectivity index is -0.0000000300. The van der Waals surface area contributed by atoms with E-state index in [-0.39, 0.29) is 42.1 Å². The van der Waals surface area contributed by atoms with Gasteiger partial charge in [-0.25, -0.2) is 0 Å². The average Bonchev–Trinajstić information content (AvgIpc) is 1.25. The van der Waals surface area contributed by atoms with Gasteiger partial charge in [-0.3, -0.25) is 0 Å². The molecule has 10 heavy (non-hydrogen) atoms. The van der Waals surface area contributed by atoms with Crippen molar-refractivity contribution >= 4 is 18.3 Å². The summed E-state index contributed by atoms with van der Waals surface area (Å²) < 4.78 is 17.0. The summed E-state index contributed by atoms with van der Waals surface area (Å²) in [6.45, 7) is 0. The van der Waals surface area contributed by atoms with Gasteiger partial charge < -0.3 is 28.1 Å². The van der Waals surface area contributed by atoms with Crippen LogP contribution in [-0.4, -0.2) is 18.3 Å². The fraction of sp³-hybridized carbons (Fsp3) is 0. The van der Waals surface area contributed by atoms with Crippen LogP contribution in [0.5, 0.6) is 0 Å². The first-order chi connectivity index (χ1) is 3.46. The van der Waals surface area contributed by atoms with Crippen molar-refractivity contribution in [2.45, 2.75) is 0 Å². The molecule has 0 aromatic rings. The molecule has 0 amide bonds. The molecule has 0 aliphatic heterocycles. The maximum atomic E-state index is 8.52. The van der Waals surface area contributed by atoms with Crippen LogP contribution in [0.15, 0.2) is 0 Å². The largest absolute Gasteiger partial charge is 2.00 e. The zero-order chi connectivity index (χ0) is 7.15. The van der Waals surface area contributed by atoms with Gasteiger partial charge in [0.1, 0.15) is 0 Å². The molecule has 0 atom stereocenters. The Labute approximate surface area is 88.2 Å². The first kappa shape index (κ1) is 22.4. The van der Waals surface area contributed by atoms with Gasteiger partial charge in [0.05, 0.1) is 0 Å². The molecular formula is O6Si2W2. The van der Waals surface area contributed by atoms with Gasteiger partial charge in [-0.1, -0.05) is 0 Å². The molecule has 0 heterocycles. The summed E-state index contributed by atoms with van der Waals surface area (Å²) in [4.78, 5) is 34.1. The Morgan fingerprint density at radius 2 is 0.700 bits per heavy atom. The van der Waals surface area contributed by atoms with Crippen LogP contribution in [0.2, 0.25) is 0 Å². The topological polar surface area (TPSA) is 126 Å². The molecule has 0 fully saturated rings. The van der Waals surface area contributed by atoms with Crippen molar-refractivity contribution in [2.75, 3.05) is 0 Å². The summed E-state index contributed by atoms with van der Waals surface area (Å²) in [6, 6.07) is 0. The third-order valence-corrected chi connectivity index (χ3v) is 0. The Bertz CT molecular complexity index is 71.7. The van der Waals surface area contributed by atoms with Gasteiger partial charge in [-0.05, 0) is 0 Å². The minimum atomic E-state index is -3.63. The van der Waals surface area contributed by atoms with Gasteiger partial charge in [-0.15, -0.1) is 0 Å². The molecule has 0 rings (SSSR count). The summed E-state index contributed by atoms with van der Waals surface area (Å²) in [6.07, 6.45) is 0. The predicted molar refractivity (Wildman–Crippen MR) is 12.9 cm³/mol. The Morgan fingerprint density at radius 1 is 0.700 bits per heavy atom. The van der Waals surface area contributed by atoms with Crippen molar-refractivity contribution in [3.05, 3.63) is 0 Å². The standard InChI is InChI=1S/2O3Si.2W/c2*1-4(2)3;;/q2*-2;2*+2. The van der Waals surface area contributed by atoms with E-state index in [2.05, 4.69) is 0 Å². The molecule has 0 unspecified atom stereocenters. The number of rotatable bonds is 0. The first-order valence-corrected chi connectivity index (χ1v) is 3.67. The molecule has 0 saturated heterocycles. The van der Waals surface area contributed by atoms with Crippen LogP contribution in [0.4, 0.5) is 0 Å².